The normalized spacial score (nSPS) is 16.9. The molecule has 7 nitrogen and oxygen atoms in total. The second kappa shape index (κ2) is 10.4. The fourth-order valence-electron chi connectivity index (χ4n) is 5.07. The summed E-state index contributed by atoms with van der Waals surface area (Å²) in [5.74, 6) is -0.424. The average Bonchev–Trinajstić information content (AvgIpc) is 3.53. The van der Waals surface area contributed by atoms with E-state index in [4.69, 9.17) is 4.74 Å². The molecule has 194 valence electrons. The number of halogens is 1. The maximum atomic E-state index is 13.4. The Kier molecular flexibility index (Phi) is 6.50. The number of benzene rings is 4. The number of nitrogens with zero attached hydrogens (tertiary/aromatic N) is 3. The Hall–Kier alpha value is -4.98. The van der Waals surface area contributed by atoms with Gasteiger partial charge in [-0.05, 0) is 53.6 Å². The lowest BCUT2D eigenvalue weighted by Gasteiger charge is -2.29. The third-order valence-electron chi connectivity index (χ3n) is 6.88. The third-order valence-corrected chi connectivity index (χ3v) is 6.88. The quantitative estimate of drug-likeness (QED) is 0.301. The molecule has 1 aliphatic heterocycles. The van der Waals surface area contributed by atoms with Crippen molar-refractivity contribution >= 4 is 28.6 Å². The number of amides is 2. The smallest absolute Gasteiger partial charge is 0.407 e. The summed E-state index contributed by atoms with van der Waals surface area (Å²) in [7, 11) is 0. The standard InChI is InChI=1S/C31H25FN4O3/c32-24-11-13-25(14-12-24)36-28-16-15-26(17-23(28)19-33-36)35-29(37)18-27(30(35)22-9-5-2-6-10-22)34-31(38)39-20-21-7-3-1-4-8-21/h1-17,19,27,30H,18,20H2,(H,34,38)/t27-,30?/m0/s1. The molecule has 6 rings (SSSR count). The van der Waals surface area contributed by atoms with E-state index < -0.39 is 18.2 Å². The van der Waals surface area contributed by atoms with E-state index in [0.717, 1.165) is 27.7 Å². The van der Waals surface area contributed by atoms with Gasteiger partial charge in [0.25, 0.3) is 0 Å². The van der Waals surface area contributed by atoms with Crippen LogP contribution in [0, 0.1) is 5.82 Å². The predicted octanol–water partition coefficient (Wildman–Crippen LogP) is 5.94. The zero-order valence-corrected chi connectivity index (χ0v) is 20.9. The van der Waals surface area contributed by atoms with Gasteiger partial charge in [0.1, 0.15) is 12.4 Å². The molecule has 1 unspecified atom stereocenters. The Labute approximate surface area is 224 Å². The van der Waals surface area contributed by atoms with Gasteiger partial charge >= 0.3 is 6.09 Å². The molecule has 0 saturated carbocycles. The van der Waals surface area contributed by atoms with E-state index in [1.807, 2.05) is 78.9 Å². The van der Waals surface area contributed by atoms with E-state index in [1.54, 1.807) is 27.9 Å². The number of ether oxygens (including phenoxy) is 1. The first kappa shape index (κ1) is 24.4. The van der Waals surface area contributed by atoms with Crippen molar-refractivity contribution in [3.63, 3.8) is 0 Å². The summed E-state index contributed by atoms with van der Waals surface area (Å²) >= 11 is 0. The molecular weight excluding hydrogens is 495 g/mol. The van der Waals surface area contributed by atoms with Gasteiger partial charge in [-0.3, -0.25) is 4.79 Å². The number of carbonyl (C=O) groups is 2. The van der Waals surface area contributed by atoms with Crippen LogP contribution in [0.4, 0.5) is 14.9 Å². The van der Waals surface area contributed by atoms with Gasteiger partial charge in [0.15, 0.2) is 0 Å². The molecule has 2 amide bonds. The Morgan fingerprint density at radius 2 is 1.62 bits per heavy atom. The SMILES string of the molecule is O=C(N[C@H]1CC(=O)N(c2ccc3c(cnn3-c3ccc(F)cc3)c2)C1c1ccccc1)OCc1ccccc1. The number of hydrogen-bond donors (Lipinski definition) is 1. The number of nitrogens with one attached hydrogen (secondary N) is 1. The molecule has 1 aliphatic rings. The molecule has 2 atom stereocenters. The van der Waals surface area contributed by atoms with Crippen molar-refractivity contribution in [2.24, 2.45) is 0 Å². The summed E-state index contributed by atoms with van der Waals surface area (Å²) in [4.78, 5) is 27.9. The van der Waals surface area contributed by atoms with E-state index >= 15 is 0 Å². The fourth-order valence-corrected chi connectivity index (χ4v) is 5.07. The lowest BCUT2D eigenvalue weighted by molar-refractivity contribution is -0.117. The molecule has 1 saturated heterocycles. The molecule has 1 aromatic heterocycles. The summed E-state index contributed by atoms with van der Waals surface area (Å²) < 4.78 is 20.6. The largest absolute Gasteiger partial charge is 0.445 e. The number of carbonyl (C=O) groups excluding carboxylic acids is 2. The lowest BCUT2D eigenvalue weighted by atomic mass is 9.99. The van der Waals surface area contributed by atoms with Crippen molar-refractivity contribution in [2.75, 3.05) is 4.90 Å². The zero-order valence-electron chi connectivity index (χ0n) is 20.9. The second-order valence-corrected chi connectivity index (χ2v) is 9.41. The van der Waals surface area contributed by atoms with Crippen LogP contribution >= 0.6 is 0 Å². The molecule has 8 heteroatoms. The zero-order chi connectivity index (χ0) is 26.8. The second-order valence-electron chi connectivity index (χ2n) is 9.41. The highest BCUT2D eigenvalue weighted by Crippen LogP contribution is 2.38. The third kappa shape index (κ3) is 4.96. The van der Waals surface area contributed by atoms with Gasteiger partial charge in [-0.15, -0.1) is 0 Å². The molecule has 0 aliphatic carbocycles. The van der Waals surface area contributed by atoms with Crippen LogP contribution in [0.1, 0.15) is 23.6 Å². The summed E-state index contributed by atoms with van der Waals surface area (Å²) in [6.45, 7) is 0.141. The number of fused-ring (bicyclic) bond motifs is 1. The summed E-state index contributed by atoms with van der Waals surface area (Å²) in [6, 6.07) is 30.0. The Morgan fingerprint density at radius 1 is 0.923 bits per heavy atom. The van der Waals surface area contributed by atoms with E-state index in [9.17, 15) is 14.0 Å². The Morgan fingerprint density at radius 3 is 2.36 bits per heavy atom. The van der Waals surface area contributed by atoms with E-state index in [1.165, 1.54) is 12.1 Å². The highest BCUT2D eigenvalue weighted by molar-refractivity contribution is 5.99. The molecule has 0 bridgehead atoms. The molecule has 0 radical (unpaired) electrons. The lowest BCUT2D eigenvalue weighted by Crippen LogP contribution is -2.40. The maximum Gasteiger partial charge on any atom is 0.407 e. The fraction of sp³-hybridized carbons (Fsp3) is 0.129. The first-order valence-electron chi connectivity index (χ1n) is 12.6. The molecule has 39 heavy (non-hydrogen) atoms. The van der Waals surface area contributed by atoms with Crippen LogP contribution < -0.4 is 10.2 Å². The molecule has 2 heterocycles. The van der Waals surface area contributed by atoms with Gasteiger partial charge in [-0.2, -0.15) is 5.10 Å². The molecule has 4 aromatic carbocycles. The van der Waals surface area contributed by atoms with Gasteiger partial charge in [-0.25, -0.2) is 13.9 Å². The number of anilines is 1. The minimum absolute atomic E-state index is 0.109. The summed E-state index contributed by atoms with van der Waals surface area (Å²) in [6.07, 6.45) is 1.28. The van der Waals surface area contributed by atoms with Crippen LogP contribution in [0.15, 0.2) is 109 Å². The monoisotopic (exact) mass is 520 g/mol. The van der Waals surface area contributed by atoms with Crippen LogP contribution in [-0.4, -0.2) is 27.8 Å². The topological polar surface area (TPSA) is 76.5 Å². The number of hydrogen-bond acceptors (Lipinski definition) is 4. The summed E-state index contributed by atoms with van der Waals surface area (Å²) in [5.41, 5.74) is 4.04. The van der Waals surface area contributed by atoms with Gasteiger partial charge < -0.3 is 15.0 Å². The van der Waals surface area contributed by atoms with Crippen molar-refractivity contribution in [3.8, 4) is 5.69 Å². The molecule has 1 N–H and O–H groups in total. The van der Waals surface area contributed by atoms with E-state index in [0.29, 0.717) is 5.69 Å². The number of alkyl carbamates (subject to hydrolysis) is 1. The average molecular weight is 521 g/mol. The van der Waals surface area contributed by atoms with Crippen LogP contribution in [0.2, 0.25) is 0 Å². The highest BCUT2D eigenvalue weighted by Gasteiger charge is 2.42. The van der Waals surface area contributed by atoms with Crippen molar-refractivity contribution in [1.82, 2.24) is 15.1 Å². The van der Waals surface area contributed by atoms with Gasteiger partial charge in [0, 0.05) is 17.5 Å². The Balaban J connectivity index is 1.28. The van der Waals surface area contributed by atoms with Crippen LogP contribution in [0.3, 0.4) is 0 Å². The van der Waals surface area contributed by atoms with Crippen molar-refractivity contribution < 1.29 is 18.7 Å². The molecule has 5 aromatic rings. The van der Waals surface area contributed by atoms with Crippen molar-refractivity contribution in [1.29, 1.82) is 0 Å². The van der Waals surface area contributed by atoms with E-state index in [-0.39, 0.29) is 24.8 Å². The minimum atomic E-state index is -0.574. The molecule has 1 fully saturated rings. The molecule has 0 spiro atoms. The number of rotatable bonds is 6. The number of aromatic nitrogens is 2. The van der Waals surface area contributed by atoms with Crippen LogP contribution in [0.5, 0.6) is 0 Å². The van der Waals surface area contributed by atoms with E-state index in [2.05, 4.69) is 10.4 Å². The van der Waals surface area contributed by atoms with Gasteiger partial charge in [0.2, 0.25) is 5.91 Å². The molecular formula is C31H25FN4O3. The van der Waals surface area contributed by atoms with Crippen LogP contribution in [0.25, 0.3) is 16.6 Å². The summed E-state index contributed by atoms with van der Waals surface area (Å²) in [5, 5.41) is 8.23. The predicted molar refractivity (Wildman–Crippen MR) is 146 cm³/mol. The first-order valence-corrected chi connectivity index (χ1v) is 12.6. The first-order chi connectivity index (χ1) is 19.1. The maximum absolute atomic E-state index is 13.4. The van der Waals surface area contributed by atoms with Crippen LogP contribution in [-0.2, 0) is 16.1 Å². The highest BCUT2D eigenvalue weighted by atomic mass is 19.1. The Bertz CT molecular complexity index is 1620. The van der Waals surface area contributed by atoms with Gasteiger partial charge in [0.05, 0.1) is 29.5 Å². The minimum Gasteiger partial charge on any atom is -0.445 e. The van der Waals surface area contributed by atoms with Crippen molar-refractivity contribution in [3.05, 3.63) is 126 Å². The van der Waals surface area contributed by atoms with Gasteiger partial charge in [-0.1, -0.05) is 60.7 Å². The van der Waals surface area contributed by atoms with Crippen molar-refractivity contribution in [2.45, 2.75) is 25.1 Å².